The smallest absolute Gasteiger partial charge is 0.260 e. The summed E-state index contributed by atoms with van der Waals surface area (Å²) >= 11 is 6.24. The van der Waals surface area contributed by atoms with Crippen LogP contribution in [-0.4, -0.2) is 41.3 Å². The Morgan fingerprint density at radius 3 is 2.60 bits per heavy atom. The molecule has 0 radical (unpaired) electrons. The Labute approximate surface area is 129 Å². The van der Waals surface area contributed by atoms with Gasteiger partial charge < -0.3 is 11.1 Å². The van der Waals surface area contributed by atoms with Crippen molar-refractivity contribution >= 4 is 35.9 Å². The first kappa shape index (κ1) is 16.8. The molecule has 4 N–H and O–H groups in total. The van der Waals surface area contributed by atoms with Crippen molar-refractivity contribution in [3.05, 3.63) is 35.9 Å². The second kappa shape index (κ2) is 7.47. The molecule has 5 nitrogen and oxygen atoms in total. The summed E-state index contributed by atoms with van der Waals surface area (Å²) in [7, 11) is 0. The summed E-state index contributed by atoms with van der Waals surface area (Å²) in [5.74, 6) is -0.531. The topological polar surface area (TPSA) is 82.2 Å². The molecule has 2 atom stereocenters. The SMILES string of the molecule is Cl.N=C(N)N(C(=O)c1ccccc1)C1CCNCC1Cl. The number of carbonyl (C=O) groups is 1. The average Bonchev–Trinajstić information content (AvgIpc) is 2.42. The average molecular weight is 317 g/mol. The van der Waals surface area contributed by atoms with Gasteiger partial charge in [0.05, 0.1) is 11.4 Å². The van der Waals surface area contributed by atoms with Crippen LogP contribution in [0.4, 0.5) is 0 Å². The van der Waals surface area contributed by atoms with Crippen molar-refractivity contribution in [2.75, 3.05) is 13.1 Å². The maximum atomic E-state index is 12.5. The van der Waals surface area contributed by atoms with E-state index in [1.807, 2.05) is 6.07 Å². The molecule has 0 spiro atoms. The molecule has 1 heterocycles. The van der Waals surface area contributed by atoms with Crippen molar-refractivity contribution in [2.24, 2.45) is 5.73 Å². The van der Waals surface area contributed by atoms with Crippen molar-refractivity contribution < 1.29 is 4.79 Å². The quantitative estimate of drug-likeness (QED) is 0.438. The number of hydrogen-bond acceptors (Lipinski definition) is 3. The van der Waals surface area contributed by atoms with Gasteiger partial charge in [-0.1, -0.05) is 18.2 Å². The Balaban J connectivity index is 0.00000200. The molecule has 1 aliphatic heterocycles. The Hall–Kier alpha value is -1.30. The van der Waals surface area contributed by atoms with Crippen LogP contribution in [0.3, 0.4) is 0 Å². The van der Waals surface area contributed by atoms with Crippen LogP contribution < -0.4 is 11.1 Å². The van der Waals surface area contributed by atoms with Gasteiger partial charge in [-0.3, -0.25) is 15.1 Å². The lowest BCUT2D eigenvalue weighted by Gasteiger charge is -2.36. The number of nitrogens with zero attached hydrogens (tertiary/aromatic N) is 1. The minimum atomic E-state index is -0.273. The summed E-state index contributed by atoms with van der Waals surface area (Å²) in [6, 6.07) is 8.58. The number of hydrogen-bond donors (Lipinski definition) is 3. The Morgan fingerprint density at radius 1 is 1.40 bits per heavy atom. The second-order valence-corrected chi connectivity index (χ2v) is 5.06. The van der Waals surface area contributed by atoms with E-state index >= 15 is 0 Å². The summed E-state index contributed by atoms with van der Waals surface area (Å²) in [5.41, 5.74) is 6.09. The monoisotopic (exact) mass is 316 g/mol. The van der Waals surface area contributed by atoms with Crippen molar-refractivity contribution in [3.63, 3.8) is 0 Å². The lowest BCUT2D eigenvalue weighted by Crippen LogP contribution is -2.56. The lowest BCUT2D eigenvalue weighted by molar-refractivity contribution is 0.0780. The van der Waals surface area contributed by atoms with Crippen molar-refractivity contribution in [3.8, 4) is 0 Å². The van der Waals surface area contributed by atoms with Gasteiger partial charge in [0.15, 0.2) is 5.96 Å². The van der Waals surface area contributed by atoms with E-state index in [1.165, 1.54) is 4.90 Å². The standard InChI is InChI=1S/C13H17ClN4O.ClH/c14-10-8-17-7-6-11(10)18(13(15)16)12(19)9-4-2-1-3-5-9;/h1-5,10-11,17H,6-8H2,(H3,15,16);1H. The van der Waals surface area contributed by atoms with E-state index < -0.39 is 0 Å². The number of nitrogens with two attached hydrogens (primary N) is 1. The van der Waals surface area contributed by atoms with Crippen molar-refractivity contribution in [1.82, 2.24) is 10.2 Å². The van der Waals surface area contributed by atoms with Gasteiger partial charge in [-0.05, 0) is 25.1 Å². The molecule has 1 aromatic rings. The molecule has 20 heavy (non-hydrogen) atoms. The highest BCUT2D eigenvalue weighted by Gasteiger charge is 2.34. The van der Waals surface area contributed by atoms with E-state index in [9.17, 15) is 4.79 Å². The molecule has 2 unspecified atom stereocenters. The number of piperidine rings is 1. The number of amides is 1. The molecule has 1 aromatic carbocycles. The molecule has 0 aliphatic carbocycles. The molecule has 1 fully saturated rings. The van der Waals surface area contributed by atoms with Crippen molar-refractivity contribution in [1.29, 1.82) is 5.41 Å². The molecular formula is C13H18Cl2N4O. The molecule has 1 amide bonds. The molecule has 0 bridgehead atoms. The van der Waals surface area contributed by atoms with Crippen LogP contribution in [0.25, 0.3) is 0 Å². The summed E-state index contributed by atoms with van der Waals surface area (Å²) in [6.07, 6.45) is 0.687. The van der Waals surface area contributed by atoms with Gasteiger partial charge in [-0.25, -0.2) is 0 Å². The van der Waals surface area contributed by atoms with Gasteiger partial charge in [0.2, 0.25) is 0 Å². The van der Waals surface area contributed by atoms with Crippen LogP contribution in [0, 0.1) is 5.41 Å². The molecule has 1 aliphatic rings. The van der Waals surface area contributed by atoms with Gasteiger partial charge in [-0.2, -0.15) is 0 Å². The summed E-state index contributed by atoms with van der Waals surface area (Å²) in [5, 5.41) is 10.6. The molecule has 7 heteroatoms. The molecule has 2 rings (SSSR count). The minimum Gasteiger partial charge on any atom is -0.370 e. The fourth-order valence-electron chi connectivity index (χ4n) is 2.26. The van der Waals surface area contributed by atoms with E-state index in [0.29, 0.717) is 18.5 Å². The van der Waals surface area contributed by atoms with E-state index in [1.54, 1.807) is 24.3 Å². The zero-order valence-corrected chi connectivity index (χ0v) is 12.5. The third kappa shape index (κ3) is 3.62. The highest BCUT2D eigenvalue weighted by molar-refractivity contribution is 6.22. The van der Waals surface area contributed by atoms with E-state index in [2.05, 4.69) is 5.32 Å². The number of halogens is 2. The van der Waals surface area contributed by atoms with E-state index in [4.69, 9.17) is 22.7 Å². The van der Waals surface area contributed by atoms with Gasteiger partial charge in [0.1, 0.15) is 0 Å². The first-order chi connectivity index (χ1) is 9.11. The predicted molar refractivity (Wildman–Crippen MR) is 82.7 cm³/mol. The molecule has 1 saturated heterocycles. The largest absolute Gasteiger partial charge is 0.370 e. The fraction of sp³-hybridized carbons (Fsp3) is 0.385. The molecule has 0 aromatic heterocycles. The van der Waals surface area contributed by atoms with E-state index in [0.717, 1.165) is 6.54 Å². The van der Waals surface area contributed by atoms with Gasteiger partial charge >= 0.3 is 0 Å². The van der Waals surface area contributed by atoms with Crippen LogP contribution in [-0.2, 0) is 0 Å². The predicted octanol–water partition coefficient (Wildman–Crippen LogP) is 1.41. The first-order valence-electron chi connectivity index (χ1n) is 6.18. The normalized spacial score (nSPS) is 21.6. The summed E-state index contributed by atoms with van der Waals surface area (Å²) in [6.45, 7) is 1.37. The Bertz CT molecular complexity index is 469. The van der Waals surface area contributed by atoms with Gasteiger partial charge in [-0.15, -0.1) is 24.0 Å². The molecule has 0 saturated carbocycles. The summed E-state index contributed by atoms with van der Waals surface area (Å²) in [4.78, 5) is 13.8. The van der Waals surface area contributed by atoms with Crippen molar-refractivity contribution in [2.45, 2.75) is 17.8 Å². The molecule has 110 valence electrons. The number of rotatable bonds is 2. The third-order valence-corrected chi connectivity index (χ3v) is 3.65. The van der Waals surface area contributed by atoms with Crippen LogP contribution >= 0.6 is 24.0 Å². The molecular weight excluding hydrogens is 299 g/mol. The summed E-state index contributed by atoms with van der Waals surface area (Å²) < 4.78 is 0. The van der Waals surface area contributed by atoms with Crippen LogP contribution in [0.5, 0.6) is 0 Å². The third-order valence-electron chi connectivity index (χ3n) is 3.20. The highest BCUT2D eigenvalue weighted by atomic mass is 35.5. The zero-order valence-electron chi connectivity index (χ0n) is 10.9. The first-order valence-corrected chi connectivity index (χ1v) is 6.62. The number of nitrogens with one attached hydrogen (secondary N) is 2. The van der Waals surface area contributed by atoms with Gasteiger partial charge in [0.25, 0.3) is 5.91 Å². The second-order valence-electron chi connectivity index (χ2n) is 4.50. The lowest BCUT2D eigenvalue weighted by atomic mass is 10.0. The minimum absolute atomic E-state index is 0. The number of alkyl halides is 1. The van der Waals surface area contributed by atoms with Crippen LogP contribution in [0.15, 0.2) is 30.3 Å². The zero-order chi connectivity index (χ0) is 13.8. The number of guanidine groups is 1. The fourth-order valence-corrected chi connectivity index (χ4v) is 2.60. The number of benzene rings is 1. The maximum Gasteiger partial charge on any atom is 0.260 e. The van der Waals surface area contributed by atoms with Gasteiger partial charge in [0, 0.05) is 12.1 Å². The van der Waals surface area contributed by atoms with E-state index in [-0.39, 0.29) is 35.7 Å². The van der Waals surface area contributed by atoms with Crippen LogP contribution in [0.1, 0.15) is 16.8 Å². The highest BCUT2D eigenvalue weighted by Crippen LogP contribution is 2.19. The number of carbonyl (C=O) groups excluding carboxylic acids is 1. The maximum absolute atomic E-state index is 12.5. The Kier molecular flexibility index (Phi) is 6.26. The Morgan fingerprint density at radius 2 is 2.05 bits per heavy atom. The van der Waals surface area contributed by atoms with Crippen LogP contribution in [0.2, 0.25) is 0 Å².